The summed E-state index contributed by atoms with van der Waals surface area (Å²) in [6, 6.07) is 11.2. The van der Waals surface area contributed by atoms with Gasteiger partial charge in [0.1, 0.15) is 5.76 Å². The number of carbonyl (C=O) groups excluding carboxylic acids is 1. The minimum absolute atomic E-state index is 0.0749. The molecular formula is C27H32N4O2. The molecule has 2 aliphatic carbocycles. The fraction of sp³-hybridized carbons (Fsp3) is 0.481. The molecule has 0 saturated heterocycles. The van der Waals surface area contributed by atoms with Gasteiger partial charge < -0.3 is 8.98 Å². The van der Waals surface area contributed by atoms with E-state index >= 15 is 0 Å². The van der Waals surface area contributed by atoms with Crippen LogP contribution in [0.5, 0.6) is 0 Å². The van der Waals surface area contributed by atoms with Crippen molar-refractivity contribution in [1.29, 1.82) is 0 Å². The molecule has 6 nitrogen and oxygen atoms in total. The number of hydrogen-bond donors (Lipinski definition) is 1. The van der Waals surface area contributed by atoms with E-state index in [4.69, 9.17) is 4.42 Å². The van der Waals surface area contributed by atoms with Gasteiger partial charge in [-0.25, -0.2) is 5.43 Å². The fourth-order valence-corrected chi connectivity index (χ4v) is 6.33. The van der Waals surface area contributed by atoms with Crippen LogP contribution in [0.3, 0.4) is 0 Å². The summed E-state index contributed by atoms with van der Waals surface area (Å²) in [5.74, 6) is 1.28. The number of nitrogens with zero attached hydrogens (tertiary/aromatic N) is 3. The molecular weight excluding hydrogens is 412 g/mol. The maximum atomic E-state index is 12.6. The normalized spacial score (nSPS) is 21.5. The number of aromatic nitrogens is 1. The summed E-state index contributed by atoms with van der Waals surface area (Å²) in [6.07, 6.45) is 13.4. The molecule has 6 rings (SSSR count). The Balaban J connectivity index is 1.23. The number of rotatable bonds is 5. The molecule has 1 fully saturated rings. The second kappa shape index (κ2) is 8.82. The third-order valence-corrected chi connectivity index (χ3v) is 7.86. The van der Waals surface area contributed by atoms with Gasteiger partial charge in [-0.15, -0.1) is 0 Å². The van der Waals surface area contributed by atoms with E-state index < -0.39 is 0 Å². The zero-order valence-corrected chi connectivity index (χ0v) is 19.1. The van der Waals surface area contributed by atoms with Crippen LogP contribution in [-0.2, 0) is 17.8 Å². The van der Waals surface area contributed by atoms with Crippen LogP contribution in [0.25, 0.3) is 10.9 Å². The molecule has 33 heavy (non-hydrogen) atoms. The topological polar surface area (TPSA) is 62.8 Å². The van der Waals surface area contributed by atoms with E-state index in [9.17, 15) is 4.79 Å². The Bertz CT molecular complexity index is 1170. The molecule has 1 saturated carbocycles. The van der Waals surface area contributed by atoms with Crippen molar-refractivity contribution in [1.82, 2.24) is 14.9 Å². The Labute approximate surface area is 194 Å². The predicted octanol–water partition coefficient (Wildman–Crippen LogP) is 5.13. The van der Waals surface area contributed by atoms with E-state index in [0.717, 1.165) is 31.8 Å². The summed E-state index contributed by atoms with van der Waals surface area (Å²) in [5.41, 5.74) is 8.57. The Hall–Kier alpha value is -2.86. The van der Waals surface area contributed by atoms with Crippen LogP contribution >= 0.6 is 0 Å². The minimum Gasteiger partial charge on any atom is -0.463 e. The van der Waals surface area contributed by atoms with Gasteiger partial charge in [0.15, 0.2) is 0 Å². The van der Waals surface area contributed by atoms with Gasteiger partial charge in [-0.3, -0.25) is 9.69 Å². The highest BCUT2D eigenvalue weighted by atomic mass is 16.3. The SMILES string of the molecule is O=C(CN1CCn2c3c(c4cc(C5CCCCC5)ccc42)CCCC31)NN=Cc1ccco1. The van der Waals surface area contributed by atoms with Gasteiger partial charge in [0.05, 0.1) is 25.1 Å². The molecule has 1 aliphatic heterocycles. The van der Waals surface area contributed by atoms with Crippen molar-refractivity contribution in [2.45, 2.75) is 69.9 Å². The van der Waals surface area contributed by atoms with Crippen LogP contribution in [0.2, 0.25) is 0 Å². The van der Waals surface area contributed by atoms with Crippen molar-refractivity contribution in [3.05, 3.63) is 59.2 Å². The Morgan fingerprint density at radius 1 is 1.12 bits per heavy atom. The number of hydrazone groups is 1. The third kappa shape index (κ3) is 3.90. The lowest BCUT2D eigenvalue weighted by Crippen LogP contribution is -2.44. The summed E-state index contributed by atoms with van der Waals surface area (Å²) in [4.78, 5) is 14.9. The Morgan fingerprint density at radius 2 is 2.03 bits per heavy atom. The molecule has 0 bridgehead atoms. The highest BCUT2D eigenvalue weighted by molar-refractivity contribution is 5.87. The number of nitrogens with one attached hydrogen (secondary N) is 1. The lowest BCUT2D eigenvalue weighted by Gasteiger charge is -2.39. The maximum Gasteiger partial charge on any atom is 0.254 e. The molecule has 1 aromatic carbocycles. The largest absolute Gasteiger partial charge is 0.463 e. The smallest absolute Gasteiger partial charge is 0.254 e. The highest BCUT2D eigenvalue weighted by Crippen LogP contribution is 2.43. The van der Waals surface area contributed by atoms with Gasteiger partial charge in [-0.05, 0) is 73.4 Å². The molecule has 1 N–H and O–H groups in total. The Morgan fingerprint density at radius 3 is 2.88 bits per heavy atom. The summed E-state index contributed by atoms with van der Waals surface area (Å²) in [7, 11) is 0. The number of fused-ring (bicyclic) bond motifs is 3. The van der Waals surface area contributed by atoms with Crippen LogP contribution in [0.1, 0.15) is 79.5 Å². The summed E-state index contributed by atoms with van der Waals surface area (Å²) >= 11 is 0. The zero-order valence-electron chi connectivity index (χ0n) is 19.1. The van der Waals surface area contributed by atoms with Gasteiger partial charge in [0, 0.05) is 29.7 Å². The first-order chi connectivity index (χ1) is 16.3. The zero-order chi connectivity index (χ0) is 22.2. The lowest BCUT2D eigenvalue weighted by molar-refractivity contribution is -0.123. The van der Waals surface area contributed by atoms with Crippen molar-refractivity contribution in [2.24, 2.45) is 5.10 Å². The van der Waals surface area contributed by atoms with Crippen molar-refractivity contribution < 1.29 is 9.21 Å². The monoisotopic (exact) mass is 444 g/mol. The second-order valence-electron chi connectivity index (χ2n) is 9.81. The number of amides is 1. The molecule has 2 aromatic heterocycles. The van der Waals surface area contributed by atoms with Gasteiger partial charge in [0.2, 0.25) is 0 Å². The molecule has 0 radical (unpaired) electrons. The first-order valence-corrected chi connectivity index (χ1v) is 12.5. The number of aryl methyl sites for hydroxylation is 1. The van der Waals surface area contributed by atoms with Crippen LogP contribution in [-0.4, -0.2) is 34.7 Å². The van der Waals surface area contributed by atoms with Gasteiger partial charge in [-0.2, -0.15) is 5.10 Å². The maximum absolute atomic E-state index is 12.6. The molecule has 1 amide bonds. The molecule has 3 aliphatic rings. The predicted molar refractivity (Wildman–Crippen MR) is 129 cm³/mol. The Kier molecular flexibility index (Phi) is 5.54. The van der Waals surface area contributed by atoms with Crippen LogP contribution in [0.15, 0.2) is 46.1 Å². The van der Waals surface area contributed by atoms with Gasteiger partial charge in [-0.1, -0.05) is 25.3 Å². The van der Waals surface area contributed by atoms with Gasteiger partial charge in [0.25, 0.3) is 5.91 Å². The fourth-order valence-electron chi connectivity index (χ4n) is 6.33. The quantitative estimate of drug-likeness (QED) is 0.439. The van der Waals surface area contributed by atoms with Crippen molar-refractivity contribution in [3.63, 3.8) is 0 Å². The standard InChI is InChI=1S/C27H32N4O2/c32-26(29-28-17-21-8-5-15-33-21)18-30-13-14-31-24-12-11-20(19-6-2-1-3-7-19)16-23(24)22-9-4-10-25(30)27(22)31/h5,8,11-12,15-17,19,25H,1-4,6-7,9-10,13-14,18H2,(H,29,32). The second-order valence-corrected chi connectivity index (χ2v) is 9.81. The minimum atomic E-state index is -0.0749. The number of hydrogen-bond acceptors (Lipinski definition) is 4. The van der Waals surface area contributed by atoms with Gasteiger partial charge >= 0.3 is 0 Å². The van der Waals surface area contributed by atoms with E-state index in [-0.39, 0.29) is 5.91 Å². The molecule has 3 aromatic rings. The first-order valence-electron chi connectivity index (χ1n) is 12.5. The molecule has 1 atom stereocenters. The molecule has 6 heteroatoms. The molecule has 172 valence electrons. The summed E-state index contributed by atoms with van der Waals surface area (Å²) in [5, 5.41) is 5.51. The van der Waals surface area contributed by atoms with Crippen LogP contribution < -0.4 is 5.43 Å². The van der Waals surface area contributed by atoms with E-state index in [0.29, 0.717) is 18.3 Å². The van der Waals surface area contributed by atoms with E-state index in [1.54, 1.807) is 12.3 Å². The lowest BCUT2D eigenvalue weighted by atomic mass is 9.83. The number of carbonyl (C=O) groups is 1. The van der Waals surface area contributed by atoms with Crippen molar-refractivity contribution in [2.75, 3.05) is 13.1 Å². The highest BCUT2D eigenvalue weighted by Gasteiger charge is 2.35. The average Bonchev–Trinajstić information content (AvgIpc) is 3.48. The van der Waals surface area contributed by atoms with Crippen LogP contribution in [0.4, 0.5) is 0 Å². The molecule has 0 spiro atoms. The third-order valence-electron chi connectivity index (χ3n) is 7.86. The van der Waals surface area contributed by atoms with E-state index in [2.05, 4.69) is 38.2 Å². The molecule has 1 unspecified atom stereocenters. The number of benzene rings is 1. The molecule has 3 heterocycles. The van der Waals surface area contributed by atoms with Crippen LogP contribution in [0, 0.1) is 0 Å². The van der Waals surface area contributed by atoms with E-state index in [1.807, 2.05) is 6.07 Å². The van der Waals surface area contributed by atoms with Crippen molar-refractivity contribution >= 4 is 23.0 Å². The summed E-state index contributed by atoms with van der Waals surface area (Å²) < 4.78 is 7.77. The number of furan rings is 1. The van der Waals surface area contributed by atoms with Crippen molar-refractivity contribution in [3.8, 4) is 0 Å². The first kappa shape index (κ1) is 20.7. The van der Waals surface area contributed by atoms with E-state index in [1.165, 1.54) is 72.5 Å². The average molecular weight is 445 g/mol. The summed E-state index contributed by atoms with van der Waals surface area (Å²) in [6.45, 7) is 2.20.